The highest BCUT2D eigenvalue weighted by Crippen LogP contribution is 2.36. The Morgan fingerprint density at radius 2 is 1.81 bits per heavy atom. The van der Waals surface area contributed by atoms with Crippen molar-refractivity contribution in [1.29, 1.82) is 0 Å². The zero-order chi connectivity index (χ0) is 25.2. The van der Waals surface area contributed by atoms with Gasteiger partial charge in [0.2, 0.25) is 0 Å². The van der Waals surface area contributed by atoms with Gasteiger partial charge < -0.3 is 10.1 Å². The van der Waals surface area contributed by atoms with Gasteiger partial charge in [0.25, 0.3) is 11.8 Å². The third-order valence-electron chi connectivity index (χ3n) is 3.93. The van der Waals surface area contributed by atoms with Crippen LogP contribution in [0.15, 0.2) is 29.8 Å². The highest BCUT2D eigenvalue weighted by atomic mass is 32.1. The molecule has 31 heavy (non-hydrogen) atoms. The van der Waals surface area contributed by atoms with Gasteiger partial charge in [-0.3, -0.25) is 14.4 Å². The summed E-state index contributed by atoms with van der Waals surface area (Å²) in [6.45, 7) is 0. The van der Waals surface area contributed by atoms with Gasteiger partial charge in [0.05, 0.1) is 29.3 Å². The molecule has 0 fully saturated rings. The normalized spacial score (nSPS) is 12.5. The Morgan fingerprint density at radius 3 is 2.45 bits per heavy atom. The van der Waals surface area contributed by atoms with E-state index in [2.05, 4.69) is 14.6 Å². The topological polar surface area (TPSA) is 89.5 Å². The molecule has 0 aliphatic carbocycles. The number of hydrogen-bond donors (Lipinski definition) is 2. The van der Waals surface area contributed by atoms with Crippen LogP contribution in [0.5, 0.6) is 5.75 Å². The molecular weight excluding hydrogens is 442 g/mol. The lowest BCUT2D eigenvalue weighted by Crippen LogP contribution is -2.25. The summed E-state index contributed by atoms with van der Waals surface area (Å²) in [4.78, 5) is 32.0. The van der Waals surface area contributed by atoms with E-state index >= 15 is 0 Å². The predicted octanol–water partition coefficient (Wildman–Crippen LogP) is 3.92. The smallest absolute Gasteiger partial charge is 0.295 e. The zero-order valence-electron chi connectivity index (χ0n) is 18.4. The van der Waals surface area contributed by atoms with Crippen molar-refractivity contribution in [3.05, 3.63) is 63.6 Å². The number of methoxy groups -OCH3 is 1. The SMILES string of the molecule is [2H]C([2H])([2H])Oc1cccc(-c2c(F)c(F)c(NC(=O)c3scnc3C(=O)NOC)c(F)c2F)c1. The molecule has 0 bridgehead atoms. The second kappa shape index (κ2) is 9.10. The third kappa shape index (κ3) is 4.20. The molecule has 0 unspecified atom stereocenters. The van der Waals surface area contributed by atoms with Gasteiger partial charge in [0.15, 0.2) is 29.0 Å². The van der Waals surface area contributed by atoms with E-state index in [1.807, 2.05) is 5.48 Å². The summed E-state index contributed by atoms with van der Waals surface area (Å²) in [6.07, 6.45) is 0. The molecule has 7 nitrogen and oxygen atoms in total. The number of rotatable bonds is 6. The number of halogens is 4. The molecule has 2 aromatic carbocycles. The molecule has 0 atom stereocenters. The van der Waals surface area contributed by atoms with Crippen LogP contribution in [-0.2, 0) is 4.84 Å². The summed E-state index contributed by atoms with van der Waals surface area (Å²) in [7, 11) is -1.76. The van der Waals surface area contributed by atoms with Crippen LogP contribution in [0.25, 0.3) is 11.1 Å². The molecule has 0 saturated carbocycles. The van der Waals surface area contributed by atoms with Crippen molar-refractivity contribution in [2.75, 3.05) is 19.5 Å². The Morgan fingerprint density at radius 1 is 1.10 bits per heavy atom. The Bertz CT molecular complexity index is 1240. The van der Waals surface area contributed by atoms with E-state index in [0.29, 0.717) is 11.3 Å². The molecule has 1 aromatic heterocycles. The van der Waals surface area contributed by atoms with Crippen LogP contribution in [-0.4, -0.2) is 30.9 Å². The number of hydroxylamine groups is 1. The molecule has 2 amide bonds. The predicted molar refractivity (Wildman–Crippen MR) is 103 cm³/mol. The van der Waals surface area contributed by atoms with Crippen molar-refractivity contribution < 1.29 is 40.8 Å². The van der Waals surface area contributed by atoms with Crippen LogP contribution in [0.3, 0.4) is 0 Å². The van der Waals surface area contributed by atoms with Crippen LogP contribution in [0.1, 0.15) is 24.3 Å². The molecule has 162 valence electrons. The third-order valence-corrected chi connectivity index (χ3v) is 4.75. The number of amides is 2. The van der Waals surface area contributed by atoms with E-state index in [4.69, 9.17) is 4.11 Å². The van der Waals surface area contributed by atoms with Gasteiger partial charge in [0, 0.05) is 0 Å². The average Bonchev–Trinajstić information content (AvgIpc) is 3.25. The molecule has 0 saturated heterocycles. The van der Waals surface area contributed by atoms with E-state index in [1.54, 1.807) is 5.32 Å². The average molecular weight is 458 g/mol. The number of nitrogens with zero attached hydrogens (tertiary/aromatic N) is 1. The maximum Gasteiger partial charge on any atom is 0.295 e. The van der Waals surface area contributed by atoms with Crippen LogP contribution >= 0.6 is 11.3 Å². The monoisotopic (exact) mass is 458 g/mol. The molecule has 0 radical (unpaired) electrons. The summed E-state index contributed by atoms with van der Waals surface area (Å²) in [5, 5.41) is 1.70. The number of anilines is 1. The van der Waals surface area contributed by atoms with Gasteiger partial charge in [-0.05, 0) is 17.7 Å². The van der Waals surface area contributed by atoms with E-state index in [-0.39, 0.29) is 5.75 Å². The number of hydrogen-bond acceptors (Lipinski definition) is 6. The first-order chi connectivity index (χ1) is 15.9. The molecule has 1 heterocycles. The van der Waals surface area contributed by atoms with Crippen LogP contribution in [0.2, 0.25) is 0 Å². The van der Waals surface area contributed by atoms with Crippen molar-refractivity contribution in [2.45, 2.75) is 0 Å². The summed E-state index contributed by atoms with van der Waals surface area (Å²) >= 11 is 0.625. The summed E-state index contributed by atoms with van der Waals surface area (Å²) in [5.41, 5.74) is -0.472. The van der Waals surface area contributed by atoms with Crippen molar-refractivity contribution in [3.8, 4) is 16.9 Å². The first-order valence-corrected chi connectivity index (χ1v) is 9.06. The van der Waals surface area contributed by atoms with Crippen molar-refractivity contribution in [1.82, 2.24) is 10.5 Å². The van der Waals surface area contributed by atoms with E-state index in [9.17, 15) is 27.2 Å². The van der Waals surface area contributed by atoms with Crippen LogP contribution in [0.4, 0.5) is 23.2 Å². The Balaban J connectivity index is 2.00. The summed E-state index contributed by atoms with van der Waals surface area (Å²) in [5.74, 6) is -10.1. The number of nitrogens with one attached hydrogen (secondary N) is 2. The largest absolute Gasteiger partial charge is 0.497 e. The van der Waals surface area contributed by atoms with Gasteiger partial charge in [0.1, 0.15) is 16.3 Å². The summed E-state index contributed by atoms with van der Waals surface area (Å²) in [6, 6.07) is 4.28. The maximum absolute atomic E-state index is 14.8. The zero-order valence-corrected chi connectivity index (χ0v) is 16.2. The minimum Gasteiger partial charge on any atom is -0.497 e. The number of ether oxygens (including phenoxy) is 1. The second-order valence-electron chi connectivity index (χ2n) is 5.76. The Kier molecular flexibility index (Phi) is 5.36. The van der Waals surface area contributed by atoms with Gasteiger partial charge in [-0.2, -0.15) is 0 Å². The number of benzene rings is 2. The minimum absolute atomic E-state index is 0.332. The number of carbonyl (C=O) groups excluding carboxylic acids is 2. The standard InChI is InChI=1S/C19H13F4N3O4S/c1-29-9-5-3-4-8(6-9)10-11(20)13(22)15(14(23)12(10)21)25-19(28)17-16(24-7-31-17)18(27)26-30-2/h3-7H,1-2H3,(H,25,28)(H,26,27)/i1D3. The molecule has 0 aliphatic heterocycles. The van der Waals surface area contributed by atoms with Gasteiger partial charge in [-0.25, -0.2) is 28.0 Å². The van der Waals surface area contributed by atoms with E-state index in [0.717, 1.165) is 30.8 Å². The maximum atomic E-state index is 14.8. The van der Waals surface area contributed by atoms with Gasteiger partial charge >= 0.3 is 0 Å². The minimum atomic E-state index is -2.88. The molecule has 0 spiro atoms. The van der Waals surface area contributed by atoms with Crippen molar-refractivity contribution in [2.24, 2.45) is 0 Å². The number of thiazole rings is 1. The number of carbonyl (C=O) groups is 2. The quantitative estimate of drug-likeness (QED) is 0.332. The first kappa shape index (κ1) is 18.3. The lowest BCUT2D eigenvalue weighted by atomic mass is 10.0. The first-order valence-electron chi connectivity index (χ1n) is 9.68. The van der Waals surface area contributed by atoms with Crippen molar-refractivity contribution >= 4 is 28.8 Å². The lowest BCUT2D eigenvalue weighted by Gasteiger charge is -2.13. The molecular formula is C19H13F4N3O4S. The fourth-order valence-electron chi connectivity index (χ4n) is 2.59. The molecule has 12 heteroatoms. The van der Waals surface area contributed by atoms with Crippen LogP contribution in [0, 0.1) is 23.3 Å². The highest BCUT2D eigenvalue weighted by Gasteiger charge is 2.29. The molecule has 3 rings (SSSR count). The van der Waals surface area contributed by atoms with Gasteiger partial charge in [-0.15, -0.1) is 11.3 Å². The van der Waals surface area contributed by atoms with Gasteiger partial charge in [-0.1, -0.05) is 12.1 Å². The van der Waals surface area contributed by atoms with Crippen LogP contribution < -0.4 is 15.5 Å². The molecule has 3 aromatic rings. The second-order valence-corrected chi connectivity index (χ2v) is 6.61. The number of aromatic nitrogens is 1. The molecule has 0 aliphatic rings. The Hall–Kier alpha value is -3.51. The highest BCUT2D eigenvalue weighted by molar-refractivity contribution is 7.12. The molecule has 2 N–H and O–H groups in total. The summed E-state index contributed by atoms with van der Waals surface area (Å²) < 4.78 is 84.9. The van der Waals surface area contributed by atoms with Crippen molar-refractivity contribution in [3.63, 3.8) is 0 Å². The Labute approximate surface area is 180 Å². The van der Waals surface area contributed by atoms with E-state index < -0.39 is 69.5 Å². The van der Waals surface area contributed by atoms with E-state index in [1.165, 1.54) is 6.07 Å². The fourth-order valence-corrected chi connectivity index (χ4v) is 3.27. The lowest BCUT2D eigenvalue weighted by molar-refractivity contribution is 0.0531. The fraction of sp³-hybridized carbons (Fsp3) is 0.105.